The molecule has 0 spiro atoms. The lowest BCUT2D eigenvalue weighted by atomic mass is 9.99. The first kappa shape index (κ1) is 15.7. The topological polar surface area (TPSA) is 73.4 Å². The Kier molecular flexibility index (Phi) is 4.01. The normalized spacial score (nSPS) is 10.5. The maximum atomic E-state index is 9.61. The Labute approximate surface area is 151 Å². The standard InChI is InChI=1S/C22H14N4/c23-11-16-14-26-21(19-8-4-3-7-18(16)19)9-10-22-20(12-24)17-6-2-1-5-15(17)13-25-22/h1-8,13-14H,9-10H2. The summed E-state index contributed by atoms with van der Waals surface area (Å²) in [5.41, 5.74) is 2.90. The molecular formula is C22H14N4. The number of aromatic nitrogens is 2. The van der Waals surface area contributed by atoms with E-state index in [-0.39, 0.29) is 0 Å². The van der Waals surface area contributed by atoms with Crippen LogP contribution in [0.4, 0.5) is 0 Å². The molecule has 4 nitrogen and oxygen atoms in total. The van der Waals surface area contributed by atoms with Gasteiger partial charge in [0.15, 0.2) is 0 Å². The molecule has 0 saturated carbocycles. The zero-order valence-electron chi connectivity index (χ0n) is 14.0. The fraction of sp³-hybridized carbons (Fsp3) is 0.0909. The molecule has 0 aliphatic heterocycles. The molecule has 4 heteroatoms. The molecule has 122 valence electrons. The van der Waals surface area contributed by atoms with Crippen LogP contribution in [0, 0.1) is 22.7 Å². The number of benzene rings is 2. The second kappa shape index (κ2) is 6.63. The van der Waals surface area contributed by atoms with Crippen molar-refractivity contribution in [3.8, 4) is 12.1 Å². The molecule has 0 fully saturated rings. The van der Waals surface area contributed by atoms with E-state index in [4.69, 9.17) is 0 Å². The number of nitrogens with zero attached hydrogens (tertiary/aromatic N) is 4. The van der Waals surface area contributed by atoms with Gasteiger partial charge in [-0.15, -0.1) is 0 Å². The maximum Gasteiger partial charge on any atom is 0.102 e. The van der Waals surface area contributed by atoms with Gasteiger partial charge in [0.1, 0.15) is 12.1 Å². The predicted octanol–water partition coefficient (Wildman–Crippen LogP) is 4.31. The Bertz CT molecular complexity index is 1210. The van der Waals surface area contributed by atoms with Crippen molar-refractivity contribution in [2.75, 3.05) is 0 Å². The highest BCUT2D eigenvalue weighted by molar-refractivity contribution is 5.89. The SMILES string of the molecule is N#Cc1c(CCc2ncc(C#N)c3ccccc23)ncc2ccccc12. The van der Waals surface area contributed by atoms with E-state index in [1.54, 1.807) is 6.20 Å². The molecular weight excluding hydrogens is 320 g/mol. The van der Waals surface area contributed by atoms with Crippen molar-refractivity contribution in [1.29, 1.82) is 10.5 Å². The number of aryl methyl sites for hydroxylation is 2. The van der Waals surface area contributed by atoms with Crippen LogP contribution in [0.25, 0.3) is 21.5 Å². The number of hydrogen-bond acceptors (Lipinski definition) is 4. The van der Waals surface area contributed by atoms with Gasteiger partial charge < -0.3 is 0 Å². The van der Waals surface area contributed by atoms with Crippen LogP contribution in [0.3, 0.4) is 0 Å². The van der Waals surface area contributed by atoms with E-state index < -0.39 is 0 Å². The molecule has 0 bridgehead atoms. The molecule has 4 rings (SSSR count). The van der Waals surface area contributed by atoms with Crippen molar-refractivity contribution in [2.24, 2.45) is 0 Å². The minimum absolute atomic E-state index is 0.575. The van der Waals surface area contributed by atoms with Gasteiger partial charge in [-0.3, -0.25) is 9.97 Å². The zero-order chi connectivity index (χ0) is 17.9. The molecule has 0 N–H and O–H groups in total. The first-order valence-corrected chi connectivity index (χ1v) is 8.35. The van der Waals surface area contributed by atoms with Gasteiger partial charge in [0, 0.05) is 39.6 Å². The summed E-state index contributed by atoms with van der Waals surface area (Å²) >= 11 is 0. The minimum atomic E-state index is 0.575. The first-order chi connectivity index (χ1) is 12.8. The third-order valence-corrected chi connectivity index (χ3v) is 4.59. The van der Waals surface area contributed by atoms with Crippen molar-refractivity contribution < 1.29 is 0 Å². The summed E-state index contributed by atoms with van der Waals surface area (Å²) in [6.45, 7) is 0. The minimum Gasteiger partial charge on any atom is -0.259 e. The molecule has 0 amide bonds. The third-order valence-electron chi connectivity index (χ3n) is 4.59. The quantitative estimate of drug-likeness (QED) is 0.559. The number of pyridine rings is 2. The van der Waals surface area contributed by atoms with Gasteiger partial charge in [-0.1, -0.05) is 48.5 Å². The number of nitriles is 2. The summed E-state index contributed by atoms with van der Waals surface area (Å²) in [5.74, 6) is 0. The molecule has 26 heavy (non-hydrogen) atoms. The van der Waals surface area contributed by atoms with Crippen LogP contribution < -0.4 is 0 Å². The Morgan fingerprint density at radius 2 is 1.35 bits per heavy atom. The van der Waals surface area contributed by atoms with Crippen LogP contribution in [-0.2, 0) is 12.8 Å². The fourth-order valence-corrected chi connectivity index (χ4v) is 3.30. The summed E-state index contributed by atoms with van der Waals surface area (Å²) in [5, 5.41) is 22.7. The Hall–Kier alpha value is -3.76. The van der Waals surface area contributed by atoms with Crippen LogP contribution in [0.2, 0.25) is 0 Å². The second-order valence-electron chi connectivity index (χ2n) is 6.05. The van der Waals surface area contributed by atoms with E-state index in [1.807, 2.05) is 54.7 Å². The van der Waals surface area contributed by atoms with Gasteiger partial charge in [-0.25, -0.2) is 0 Å². The van der Waals surface area contributed by atoms with Crippen molar-refractivity contribution in [3.63, 3.8) is 0 Å². The maximum absolute atomic E-state index is 9.61. The highest BCUT2D eigenvalue weighted by atomic mass is 14.7. The first-order valence-electron chi connectivity index (χ1n) is 8.35. The lowest BCUT2D eigenvalue weighted by Gasteiger charge is -2.09. The molecule has 0 atom stereocenters. The van der Waals surface area contributed by atoms with Gasteiger partial charge in [0.05, 0.1) is 16.8 Å². The average molecular weight is 334 g/mol. The van der Waals surface area contributed by atoms with Crippen LogP contribution >= 0.6 is 0 Å². The number of rotatable bonds is 3. The summed E-state index contributed by atoms with van der Waals surface area (Å²) in [6, 6.07) is 20.1. The highest BCUT2D eigenvalue weighted by Crippen LogP contribution is 2.24. The molecule has 0 unspecified atom stereocenters. The number of fused-ring (bicyclic) bond motifs is 2. The molecule has 0 saturated heterocycles. The fourth-order valence-electron chi connectivity index (χ4n) is 3.30. The molecule has 2 aromatic carbocycles. The van der Waals surface area contributed by atoms with E-state index in [0.717, 1.165) is 32.9 Å². The van der Waals surface area contributed by atoms with E-state index in [0.29, 0.717) is 24.0 Å². The second-order valence-corrected chi connectivity index (χ2v) is 6.05. The van der Waals surface area contributed by atoms with E-state index >= 15 is 0 Å². The van der Waals surface area contributed by atoms with Crippen LogP contribution in [0.5, 0.6) is 0 Å². The smallest absolute Gasteiger partial charge is 0.102 e. The van der Waals surface area contributed by atoms with Gasteiger partial charge in [0.25, 0.3) is 0 Å². The van der Waals surface area contributed by atoms with Crippen molar-refractivity contribution in [3.05, 3.63) is 83.4 Å². The lowest BCUT2D eigenvalue weighted by Crippen LogP contribution is -2.01. The van der Waals surface area contributed by atoms with Crippen LogP contribution in [-0.4, -0.2) is 9.97 Å². The Morgan fingerprint density at radius 1 is 0.692 bits per heavy atom. The molecule has 4 aromatic rings. The van der Waals surface area contributed by atoms with Gasteiger partial charge >= 0.3 is 0 Å². The molecule has 0 radical (unpaired) electrons. The predicted molar refractivity (Wildman–Crippen MR) is 100 cm³/mol. The van der Waals surface area contributed by atoms with Crippen molar-refractivity contribution in [2.45, 2.75) is 12.8 Å². The lowest BCUT2D eigenvalue weighted by molar-refractivity contribution is 0.888. The van der Waals surface area contributed by atoms with Gasteiger partial charge in [-0.05, 0) is 12.8 Å². The molecule has 0 aliphatic rings. The summed E-state index contributed by atoms with van der Waals surface area (Å²) in [4.78, 5) is 8.98. The van der Waals surface area contributed by atoms with E-state index in [2.05, 4.69) is 22.1 Å². The molecule has 2 aromatic heterocycles. The summed E-state index contributed by atoms with van der Waals surface area (Å²) in [6.07, 6.45) is 4.72. The zero-order valence-corrected chi connectivity index (χ0v) is 14.0. The molecule has 0 aliphatic carbocycles. The van der Waals surface area contributed by atoms with Gasteiger partial charge in [0.2, 0.25) is 0 Å². The van der Waals surface area contributed by atoms with Crippen LogP contribution in [0.1, 0.15) is 22.5 Å². The Balaban J connectivity index is 1.73. The monoisotopic (exact) mass is 334 g/mol. The van der Waals surface area contributed by atoms with E-state index in [9.17, 15) is 10.5 Å². The van der Waals surface area contributed by atoms with E-state index in [1.165, 1.54) is 0 Å². The van der Waals surface area contributed by atoms with Crippen LogP contribution in [0.15, 0.2) is 60.9 Å². The summed E-state index contributed by atoms with van der Waals surface area (Å²) < 4.78 is 0. The Morgan fingerprint density at radius 3 is 2.12 bits per heavy atom. The van der Waals surface area contributed by atoms with Crippen molar-refractivity contribution in [1.82, 2.24) is 9.97 Å². The largest absolute Gasteiger partial charge is 0.259 e. The number of hydrogen-bond donors (Lipinski definition) is 0. The molecule has 2 heterocycles. The summed E-state index contributed by atoms with van der Waals surface area (Å²) in [7, 11) is 0. The highest BCUT2D eigenvalue weighted by Gasteiger charge is 2.11. The van der Waals surface area contributed by atoms with Crippen molar-refractivity contribution >= 4 is 21.5 Å². The van der Waals surface area contributed by atoms with Gasteiger partial charge in [-0.2, -0.15) is 10.5 Å². The third kappa shape index (κ3) is 2.64. The average Bonchev–Trinajstić information content (AvgIpc) is 2.71.